The number of guanidine groups is 1. The maximum absolute atomic E-state index is 10.8. The number of benzene rings is 2. The van der Waals surface area contributed by atoms with Crippen LogP contribution in [0.2, 0.25) is 0 Å². The average Bonchev–Trinajstić information content (AvgIpc) is 3.25. The van der Waals surface area contributed by atoms with Crippen molar-refractivity contribution in [2.24, 2.45) is 4.99 Å². The molecule has 0 bridgehead atoms. The van der Waals surface area contributed by atoms with Crippen LogP contribution in [0.15, 0.2) is 47.5 Å². The molecule has 31 heavy (non-hydrogen) atoms. The molecule has 1 atom stereocenters. The van der Waals surface area contributed by atoms with Gasteiger partial charge in [0.1, 0.15) is 11.5 Å². The number of nitrogens with zero attached hydrogens (tertiary/aromatic N) is 3. The number of hydrogen-bond acceptors (Lipinski definition) is 6. The standard InChI is InChI=1S/C21H27N5O4.HI/c1-22-21(23-13-15-4-6-17(7-5-15)26(27)28)24-16-8-9-25(14-16)18-10-19(29-2)12-20(11-18)30-3;/h4-7,10-12,16H,8-9,13-14H2,1-3H3,(H2,22,23,24);1H. The minimum absolute atomic E-state index is 0. The number of rotatable bonds is 7. The van der Waals surface area contributed by atoms with Crippen molar-refractivity contribution in [3.63, 3.8) is 0 Å². The van der Waals surface area contributed by atoms with E-state index in [2.05, 4.69) is 20.5 Å². The Bertz CT molecular complexity index is 885. The van der Waals surface area contributed by atoms with Crippen LogP contribution in [0.25, 0.3) is 0 Å². The largest absolute Gasteiger partial charge is 0.497 e. The Morgan fingerprint density at radius 3 is 2.39 bits per heavy atom. The quantitative estimate of drug-likeness (QED) is 0.183. The molecule has 2 aromatic carbocycles. The Hall–Kier alpha value is -2.76. The summed E-state index contributed by atoms with van der Waals surface area (Å²) in [5, 5.41) is 17.5. The molecule has 1 heterocycles. The first-order valence-corrected chi connectivity index (χ1v) is 9.71. The highest BCUT2D eigenvalue weighted by atomic mass is 127. The zero-order valence-electron chi connectivity index (χ0n) is 17.8. The van der Waals surface area contributed by atoms with E-state index in [1.807, 2.05) is 18.2 Å². The lowest BCUT2D eigenvalue weighted by atomic mass is 10.2. The van der Waals surface area contributed by atoms with Crippen molar-refractivity contribution in [1.82, 2.24) is 10.6 Å². The first-order chi connectivity index (χ1) is 14.5. The lowest BCUT2D eigenvalue weighted by Gasteiger charge is -2.21. The zero-order chi connectivity index (χ0) is 21.5. The fourth-order valence-electron chi connectivity index (χ4n) is 3.40. The molecule has 1 fully saturated rings. The molecule has 1 unspecified atom stereocenters. The number of non-ortho nitro benzene ring substituents is 1. The summed E-state index contributed by atoms with van der Waals surface area (Å²) in [6, 6.07) is 12.6. The van der Waals surface area contributed by atoms with Crippen molar-refractivity contribution in [2.45, 2.75) is 19.0 Å². The van der Waals surface area contributed by atoms with Gasteiger partial charge >= 0.3 is 0 Å². The second kappa shape index (κ2) is 11.6. The van der Waals surface area contributed by atoms with E-state index in [0.29, 0.717) is 12.5 Å². The molecule has 0 spiro atoms. The predicted octanol–water partition coefficient (Wildman–Crippen LogP) is 3.17. The molecule has 1 aliphatic rings. The van der Waals surface area contributed by atoms with E-state index in [0.717, 1.165) is 42.3 Å². The molecule has 0 aromatic heterocycles. The van der Waals surface area contributed by atoms with Crippen molar-refractivity contribution >= 4 is 41.3 Å². The van der Waals surface area contributed by atoms with Crippen LogP contribution in [0, 0.1) is 10.1 Å². The highest BCUT2D eigenvalue weighted by Crippen LogP contribution is 2.30. The summed E-state index contributed by atoms with van der Waals surface area (Å²) in [6.07, 6.45) is 0.970. The van der Waals surface area contributed by atoms with Gasteiger partial charge in [0.25, 0.3) is 5.69 Å². The van der Waals surface area contributed by atoms with E-state index in [-0.39, 0.29) is 35.7 Å². The second-order valence-electron chi connectivity index (χ2n) is 7.00. The fourth-order valence-corrected chi connectivity index (χ4v) is 3.40. The number of aliphatic imine (C=N–C) groups is 1. The van der Waals surface area contributed by atoms with Gasteiger partial charge in [-0.2, -0.15) is 0 Å². The Balaban J connectivity index is 0.00000341. The molecule has 10 heteroatoms. The van der Waals surface area contributed by atoms with E-state index >= 15 is 0 Å². The third-order valence-electron chi connectivity index (χ3n) is 5.06. The van der Waals surface area contributed by atoms with Crippen LogP contribution >= 0.6 is 24.0 Å². The Morgan fingerprint density at radius 1 is 1.19 bits per heavy atom. The highest BCUT2D eigenvalue weighted by molar-refractivity contribution is 14.0. The van der Waals surface area contributed by atoms with Crippen LogP contribution in [-0.4, -0.2) is 51.3 Å². The summed E-state index contributed by atoms with van der Waals surface area (Å²) in [6.45, 7) is 2.27. The maximum atomic E-state index is 10.8. The molecule has 0 amide bonds. The second-order valence-corrected chi connectivity index (χ2v) is 7.00. The number of hydrogen-bond donors (Lipinski definition) is 2. The number of halogens is 1. The average molecular weight is 541 g/mol. The molecule has 9 nitrogen and oxygen atoms in total. The van der Waals surface area contributed by atoms with E-state index in [1.54, 1.807) is 33.4 Å². The molecule has 1 saturated heterocycles. The van der Waals surface area contributed by atoms with Gasteiger partial charge in [0.2, 0.25) is 0 Å². The predicted molar refractivity (Wildman–Crippen MR) is 132 cm³/mol. The van der Waals surface area contributed by atoms with Crippen molar-refractivity contribution in [2.75, 3.05) is 39.3 Å². The number of ether oxygens (including phenoxy) is 2. The summed E-state index contributed by atoms with van der Waals surface area (Å²) >= 11 is 0. The van der Waals surface area contributed by atoms with Crippen LogP contribution < -0.4 is 25.0 Å². The molecular formula is C21H28IN5O4. The highest BCUT2D eigenvalue weighted by Gasteiger charge is 2.24. The molecule has 3 rings (SSSR count). The van der Waals surface area contributed by atoms with Crippen LogP contribution in [0.3, 0.4) is 0 Å². The van der Waals surface area contributed by atoms with E-state index in [1.165, 1.54) is 12.1 Å². The summed E-state index contributed by atoms with van der Waals surface area (Å²) in [7, 11) is 5.02. The third-order valence-corrected chi connectivity index (χ3v) is 5.06. The summed E-state index contributed by atoms with van der Waals surface area (Å²) in [4.78, 5) is 16.9. The minimum Gasteiger partial charge on any atom is -0.497 e. The first-order valence-electron chi connectivity index (χ1n) is 9.71. The summed E-state index contributed by atoms with van der Waals surface area (Å²) in [5.41, 5.74) is 2.09. The third kappa shape index (κ3) is 6.61. The van der Waals surface area contributed by atoms with E-state index in [9.17, 15) is 10.1 Å². The van der Waals surface area contributed by atoms with Crippen LogP contribution in [0.4, 0.5) is 11.4 Å². The van der Waals surface area contributed by atoms with Gasteiger partial charge in [0.15, 0.2) is 5.96 Å². The molecule has 0 radical (unpaired) electrons. The van der Waals surface area contributed by atoms with Crippen molar-refractivity contribution in [3.05, 3.63) is 58.1 Å². The molecule has 168 valence electrons. The van der Waals surface area contributed by atoms with Gasteiger partial charge in [0, 0.05) is 68.7 Å². The fraction of sp³-hybridized carbons (Fsp3) is 0.381. The van der Waals surface area contributed by atoms with Gasteiger partial charge in [-0.1, -0.05) is 12.1 Å². The summed E-state index contributed by atoms with van der Waals surface area (Å²) in [5.74, 6) is 2.23. The van der Waals surface area contributed by atoms with Crippen LogP contribution in [0.5, 0.6) is 11.5 Å². The molecule has 1 aliphatic heterocycles. The van der Waals surface area contributed by atoms with Crippen molar-refractivity contribution in [3.8, 4) is 11.5 Å². The topological polar surface area (TPSA) is 101 Å². The smallest absolute Gasteiger partial charge is 0.269 e. The lowest BCUT2D eigenvalue weighted by Crippen LogP contribution is -2.44. The SMILES string of the molecule is CN=C(NCc1ccc([N+](=O)[O-])cc1)NC1CCN(c2cc(OC)cc(OC)c2)C1.I. The number of nitro benzene ring substituents is 1. The molecule has 0 aliphatic carbocycles. The van der Waals surface area contributed by atoms with Crippen LogP contribution in [-0.2, 0) is 6.54 Å². The molecule has 2 aromatic rings. The maximum Gasteiger partial charge on any atom is 0.269 e. The van der Waals surface area contributed by atoms with E-state index < -0.39 is 4.92 Å². The van der Waals surface area contributed by atoms with E-state index in [4.69, 9.17) is 9.47 Å². The number of anilines is 1. The Labute approximate surface area is 199 Å². The minimum atomic E-state index is -0.401. The van der Waals surface area contributed by atoms with Crippen LogP contribution in [0.1, 0.15) is 12.0 Å². The number of nitro groups is 1. The Morgan fingerprint density at radius 2 is 1.84 bits per heavy atom. The van der Waals surface area contributed by atoms with Gasteiger partial charge in [-0.15, -0.1) is 24.0 Å². The van der Waals surface area contributed by atoms with Gasteiger partial charge in [-0.05, 0) is 12.0 Å². The van der Waals surface area contributed by atoms with Gasteiger partial charge in [-0.25, -0.2) is 0 Å². The summed E-state index contributed by atoms with van der Waals surface area (Å²) < 4.78 is 10.7. The Kier molecular flexibility index (Phi) is 9.16. The number of methoxy groups -OCH3 is 2. The molecular weight excluding hydrogens is 513 g/mol. The molecule has 0 saturated carbocycles. The van der Waals surface area contributed by atoms with Gasteiger partial charge < -0.3 is 25.0 Å². The van der Waals surface area contributed by atoms with Crippen molar-refractivity contribution in [1.29, 1.82) is 0 Å². The lowest BCUT2D eigenvalue weighted by molar-refractivity contribution is -0.384. The van der Waals surface area contributed by atoms with Gasteiger partial charge in [-0.3, -0.25) is 15.1 Å². The first kappa shape index (κ1) is 24.5. The normalized spacial score (nSPS) is 15.8. The zero-order valence-corrected chi connectivity index (χ0v) is 20.2. The molecule has 2 N–H and O–H groups in total. The monoisotopic (exact) mass is 541 g/mol. The number of nitrogens with one attached hydrogen (secondary N) is 2. The van der Waals surface area contributed by atoms with Gasteiger partial charge in [0.05, 0.1) is 19.1 Å². The van der Waals surface area contributed by atoms with Crippen molar-refractivity contribution < 1.29 is 14.4 Å².